The number of carbonyl (C=O) groups is 2. The van der Waals surface area contributed by atoms with E-state index in [9.17, 15) is 14.4 Å². The molecular formula is C31H32N4O4S. The highest BCUT2D eigenvalue weighted by atomic mass is 32.1. The summed E-state index contributed by atoms with van der Waals surface area (Å²) in [5, 5.41) is 7.78. The minimum Gasteiger partial charge on any atom is -0.465 e. The molecule has 206 valence electrons. The van der Waals surface area contributed by atoms with Crippen molar-refractivity contribution in [2.24, 2.45) is 0 Å². The lowest BCUT2D eigenvalue weighted by Gasteiger charge is -2.29. The molecule has 40 heavy (non-hydrogen) atoms. The zero-order valence-electron chi connectivity index (χ0n) is 23.0. The van der Waals surface area contributed by atoms with Crippen LogP contribution in [0.15, 0.2) is 71.7 Å². The number of anilines is 3. The number of methoxy groups -OCH3 is 1. The van der Waals surface area contributed by atoms with E-state index in [1.807, 2.05) is 42.5 Å². The zero-order chi connectivity index (χ0) is 28.4. The van der Waals surface area contributed by atoms with Gasteiger partial charge in [0.25, 0.3) is 0 Å². The molecule has 1 aliphatic rings. The molecule has 4 aromatic rings. The number of pyridine rings is 1. The van der Waals surface area contributed by atoms with Crippen LogP contribution in [0.1, 0.15) is 47.3 Å². The van der Waals surface area contributed by atoms with Gasteiger partial charge in [-0.1, -0.05) is 57.2 Å². The van der Waals surface area contributed by atoms with Gasteiger partial charge in [0.15, 0.2) is 0 Å². The molecule has 0 bridgehead atoms. The number of aromatic nitrogens is 1. The first-order valence-electron chi connectivity index (χ1n) is 13.1. The molecule has 0 unspecified atom stereocenters. The SMILES string of the molecule is COC(=O)c1sc(C(C)(C)C)cc1NC(=O)Nc1ccc(C2=CCN(c3cc[nH]c(=O)c3)CC2)c2ccccc12. The Hall–Kier alpha value is -4.37. The average Bonchev–Trinajstić information content (AvgIpc) is 3.37. The number of esters is 1. The van der Waals surface area contributed by atoms with Gasteiger partial charge in [-0.25, -0.2) is 9.59 Å². The van der Waals surface area contributed by atoms with Gasteiger partial charge >= 0.3 is 12.0 Å². The second-order valence-electron chi connectivity index (χ2n) is 10.7. The number of rotatable bonds is 5. The number of amides is 2. The number of ether oxygens (including phenoxy) is 1. The lowest BCUT2D eigenvalue weighted by atomic mass is 9.93. The molecule has 2 amide bonds. The number of urea groups is 1. The van der Waals surface area contributed by atoms with E-state index in [-0.39, 0.29) is 11.0 Å². The van der Waals surface area contributed by atoms with E-state index in [1.165, 1.54) is 24.0 Å². The number of fused-ring (bicyclic) bond motifs is 1. The van der Waals surface area contributed by atoms with E-state index >= 15 is 0 Å². The molecule has 1 aliphatic heterocycles. The first-order chi connectivity index (χ1) is 19.1. The lowest BCUT2D eigenvalue weighted by Crippen LogP contribution is -2.29. The smallest absolute Gasteiger partial charge is 0.350 e. The van der Waals surface area contributed by atoms with Gasteiger partial charge in [0.1, 0.15) is 4.88 Å². The summed E-state index contributed by atoms with van der Waals surface area (Å²) in [6.07, 6.45) is 4.70. The largest absolute Gasteiger partial charge is 0.465 e. The number of nitrogens with zero attached hydrogens (tertiary/aromatic N) is 1. The van der Waals surface area contributed by atoms with E-state index in [0.29, 0.717) is 22.8 Å². The van der Waals surface area contributed by atoms with Gasteiger partial charge in [-0.3, -0.25) is 4.79 Å². The van der Waals surface area contributed by atoms with Crippen molar-refractivity contribution >= 4 is 56.7 Å². The van der Waals surface area contributed by atoms with Crippen LogP contribution in [0.2, 0.25) is 0 Å². The second kappa shape index (κ2) is 11.0. The predicted octanol–water partition coefficient (Wildman–Crippen LogP) is 6.61. The van der Waals surface area contributed by atoms with E-state index in [4.69, 9.17) is 4.74 Å². The predicted molar refractivity (Wildman–Crippen MR) is 163 cm³/mol. The third-order valence-electron chi connectivity index (χ3n) is 6.94. The summed E-state index contributed by atoms with van der Waals surface area (Å²) in [6.45, 7) is 7.67. The van der Waals surface area contributed by atoms with Crippen molar-refractivity contribution in [3.8, 4) is 0 Å². The van der Waals surface area contributed by atoms with E-state index in [1.54, 1.807) is 12.3 Å². The van der Waals surface area contributed by atoms with Crippen molar-refractivity contribution in [2.75, 3.05) is 35.7 Å². The minimum atomic E-state index is -0.482. The van der Waals surface area contributed by atoms with Crippen molar-refractivity contribution in [2.45, 2.75) is 32.6 Å². The van der Waals surface area contributed by atoms with Crippen LogP contribution >= 0.6 is 11.3 Å². The van der Waals surface area contributed by atoms with Gasteiger partial charge < -0.3 is 25.3 Å². The topological polar surface area (TPSA) is 104 Å². The zero-order valence-corrected chi connectivity index (χ0v) is 23.8. The van der Waals surface area contributed by atoms with Gasteiger partial charge in [-0.15, -0.1) is 11.3 Å². The molecule has 0 saturated heterocycles. The van der Waals surface area contributed by atoms with Crippen molar-refractivity contribution in [3.63, 3.8) is 0 Å². The van der Waals surface area contributed by atoms with Crippen molar-refractivity contribution in [3.05, 3.63) is 92.5 Å². The Bertz CT molecular complexity index is 1680. The minimum absolute atomic E-state index is 0.111. The molecule has 0 aliphatic carbocycles. The fraction of sp³-hybridized carbons (Fsp3) is 0.258. The molecule has 3 N–H and O–H groups in total. The van der Waals surface area contributed by atoms with Crippen LogP contribution in [0.25, 0.3) is 16.3 Å². The number of aromatic amines is 1. The van der Waals surface area contributed by atoms with Gasteiger partial charge in [-0.2, -0.15) is 0 Å². The molecule has 0 radical (unpaired) electrons. The van der Waals surface area contributed by atoms with E-state index in [2.05, 4.69) is 53.4 Å². The van der Waals surface area contributed by atoms with Crippen LogP contribution < -0.4 is 21.1 Å². The fourth-order valence-corrected chi connectivity index (χ4v) is 5.93. The number of thiophene rings is 1. The van der Waals surface area contributed by atoms with Gasteiger partial charge in [-0.05, 0) is 46.6 Å². The third kappa shape index (κ3) is 5.65. The van der Waals surface area contributed by atoms with Crippen LogP contribution in [0, 0.1) is 0 Å². The van der Waals surface area contributed by atoms with Crippen LogP contribution in [0.3, 0.4) is 0 Å². The summed E-state index contributed by atoms with van der Waals surface area (Å²) < 4.78 is 4.94. The summed E-state index contributed by atoms with van der Waals surface area (Å²) in [7, 11) is 1.33. The highest BCUT2D eigenvalue weighted by molar-refractivity contribution is 7.14. The Balaban J connectivity index is 1.38. The second-order valence-corrected chi connectivity index (χ2v) is 11.8. The number of H-pyrrole nitrogens is 1. The molecule has 2 aromatic carbocycles. The average molecular weight is 557 g/mol. The number of carbonyl (C=O) groups excluding carboxylic acids is 2. The van der Waals surface area contributed by atoms with Crippen LogP contribution in [0.5, 0.6) is 0 Å². The molecule has 0 atom stereocenters. The van der Waals surface area contributed by atoms with Gasteiger partial charge in [0.05, 0.1) is 18.5 Å². The van der Waals surface area contributed by atoms with Crippen LogP contribution in [-0.4, -0.2) is 37.2 Å². The summed E-state index contributed by atoms with van der Waals surface area (Å²) in [6, 6.07) is 16.9. The molecule has 5 rings (SSSR count). The monoisotopic (exact) mass is 556 g/mol. The summed E-state index contributed by atoms with van der Waals surface area (Å²) in [5.74, 6) is -0.482. The quantitative estimate of drug-likeness (QED) is 0.240. The Morgan fingerprint density at radius 3 is 2.42 bits per heavy atom. The Morgan fingerprint density at radius 1 is 1.00 bits per heavy atom. The van der Waals surface area contributed by atoms with E-state index < -0.39 is 12.0 Å². The fourth-order valence-electron chi connectivity index (χ4n) is 4.84. The maximum Gasteiger partial charge on any atom is 0.350 e. The van der Waals surface area contributed by atoms with Gasteiger partial charge in [0.2, 0.25) is 5.56 Å². The molecule has 8 nitrogen and oxygen atoms in total. The number of nitrogens with one attached hydrogen (secondary N) is 3. The molecule has 0 fully saturated rings. The van der Waals surface area contributed by atoms with Gasteiger partial charge in [0, 0.05) is 41.3 Å². The Labute approximate surface area is 236 Å². The van der Waals surface area contributed by atoms with Crippen LogP contribution in [0.4, 0.5) is 21.9 Å². The van der Waals surface area contributed by atoms with Crippen molar-refractivity contribution in [1.29, 1.82) is 0 Å². The highest BCUT2D eigenvalue weighted by Crippen LogP contribution is 2.37. The third-order valence-corrected chi connectivity index (χ3v) is 8.48. The molecule has 0 spiro atoms. The number of benzene rings is 2. The normalized spacial score (nSPS) is 13.6. The van der Waals surface area contributed by atoms with Crippen molar-refractivity contribution < 1.29 is 14.3 Å². The summed E-state index contributed by atoms with van der Waals surface area (Å²) in [5.41, 5.74) is 4.06. The Morgan fingerprint density at radius 2 is 1.75 bits per heavy atom. The highest BCUT2D eigenvalue weighted by Gasteiger charge is 2.25. The number of hydrogen-bond acceptors (Lipinski definition) is 6. The molecule has 2 aromatic heterocycles. The van der Waals surface area contributed by atoms with Crippen molar-refractivity contribution in [1.82, 2.24) is 4.98 Å². The number of hydrogen-bond donors (Lipinski definition) is 3. The summed E-state index contributed by atoms with van der Waals surface area (Å²) in [4.78, 5) is 43.4. The Kier molecular flexibility index (Phi) is 7.49. The maximum absolute atomic E-state index is 13.1. The molecule has 9 heteroatoms. The summed E-state index contributed by atoms with van der Waals surface area (Å²) >= 11 is 1.32. The standard InChI is InChI=1S/C31H32N4O4S/c1-31(2,3)26-18-25(28(40-26)29(37)39-4)34-30(38)33-24-10-9-21(22-7-5-6-8-23(22)24)19-12-15-35(16-13-19)20-11-14-32-27(36)17-20/h5-12,14,17-18H,13,15-16H2,1-4H3,(H,32,36)(H2,33,34,38). The maximum atomic E-state index is 13.1. The van der Waals surface area contributed by atoms with E-state index in [0.717, 1.165) is 39.9 Å². The molecule has 3 heterocycles. The van der Waals surface area contributed by atoms with Crippen LogP contribution in [-0.2, 0) is 10.2 Å². The lowest BCUT2D eigenvalue weighted by molar-refractivity contribution is 0.0607. The molecular weight excluding hydrogens is 524 g/mol. The first kappa shape index (κ1) is 27.2. The molecule has 0 saturated carbocycles. The first-order valence-corrected chi connectivity index (χ1v) is 13.9.